The summed E-state index contributed by atoms with van der Waals surface area (Å²) in [5.41, 5.74) is 0.773. The van der Waals surface area contributed by atoms with E-state index in [0.29, 0.717) is 30.2 Å². The summed E-state index contributed by atoms with van der Waals surface area (Å²) < 4.78 is 23.9. The lowest BCUT2D eigenvalue weighted by Crippen LogP contribution is -2.25. The van der Waals surface area contributed by atoms with Crippen LogP contribution >= 0.6 is 0 Å². The van der Waals surface area contributed by atoms with Crippen LogP contribution in [0.5, 0.6) is 5.75 Å². The molecule has 0 aliphatic carbocycles. The fraction of sp³-hybridized carbons (Fsp3) is 0.167. The van der Waals surface area contributed by atoms with Crippen LogP contribution in [0.15, 0.2) is 53.1 Å². The molecule has 3 aromatic rings. The van der Waals surface area contributed by atoms with E-state index in [4.69, 9.17) is 9.26 Å². The summed E-state index contributed by atoms with van der Waals surface area (Å²) in [4.78, 5) is 16.2. The summed E-state index contributed by atoms with van der Waals surface area (Å²) in [6, 6.07) is 13.1. The number of hydrogen-bond acceptors (Lipinski definition) is 5. The Morgan fingerprint density at radius 3 is 2.88 bits per heavy atom. The smallest absolute Gasteiger partial charge is 0.251 e. The van der Waals surface area contributed by atoms with Gasteiger partial charge in [0.1, 0.15) is 11.6 Å². The van der Waals surface area contributed by atoms with Crippen molar-refractivity contribution < 1.29 is 18.4 Å². The van der Waals surface area contributed by atoms with Crippen LogP contribution in [0, 0.1) is 5.82 Å². The molecule has 0 fully saturated rings. The van der Waals surface area contributed by atoms with Crippen LogP contribution in [0.2, 0.25) is 0 Å². The van der Waals surface area contributed by atoms with Crippen molar-refractivity contribution in [2.75, 3.05) is 13.7 Å². The van der Waals surface area contributed by atoms with Crippen molar-refractivity contribution in [3.05, 3.63) is 65.8 Å². The third kappa shape index (κ3) is 4.00. The standard InChI is InChI=1S/C18H16FN3O3/c1-24-13-6-4-5-12(11-13)18(23)20-10-9-16-21-17(22-25-16)14-7-2-3-8-15(14)19/h2-8,11H,9-10H2,1H3,(H,20,23). The van der Waals surface area contributed by atoms with E-state index in [-0.39, 0.29) is 17.3 Å². The van der Waals surface area contributed by atoms with Gasteiger partial charge in [0.05, 0.1) is 12.7 Å². The number of rotatable bonds is 6. The van der Waals surface area contributed by atoms with Gasteiger partial charge in [0, 0.05) is 18.5 Å². The summed E-state index contributed by atoms with van der Waals surface area (Å²) in [6.45, 7) is 0.314. The zero-order valence-corrected chi connectivity index (χ0v) is 13.5. The highest BCUT2D eigenvalue weighted by atomic mass is 19.1. The normalized spacial score (nSPS) is 10.5. The molecule has 1 N–H and O–H groups in total. The van der Waals surface area contributed by atoms with Gasteiger partial charge in [-0.15, -0.1) is 0 Å². The van der Waals surface area contributed by atoms with Crippen LogP contribution in [-0.2, 0) is 6.42 Å². The van der Waals surface area contributed by atoms with E-state index in [2.05, 4.69) is 15.5 Å². The first kappa shape index (κ1) is 16.6. The summed E-state index contributed by atoms with van der Waals surface area (Å²) in [7, 11) is 1.54. The van der Waals surface area contributed by atoms with Gasteiger partial charge < -0.3 is 14.6 Å². The Bertz CT molecular complexity index is 879. The maximum absolute atomic E-state index is 13.7. The van der Waals surface area contributed by atoms with Gasteiger partial charge in [-0.3, -0.25) is 4.79 Å². The number of methoxy groups -OCH3 is 1. The minimum Gasteiger partial charge on any atom is -0.497 e. The molecule has 0 spiro atoms. The summed E-state index contributed by atoms with van der Waals surface area (Å²) in [5.74, 6) is 0.476. The van der Waals surface area contributed by atoms with Gasteiger partial charge in [0.15, 0.2) is 0 Å². The molecule has 2 aromatic carbocycles. The summed E-state index contributed by atoms with van der Waals surface area (Å²) in [5, 5.41) is 6.53. The zero-order chi connectivity index (χ0) is 17.6. The highest BCUT2D eigenvalue weighted by Gasteiger charge is 2.13. The Hall–Kier alpha value is -3.22. The highest BCUT2D eigenvalue weighted by Crippen LogP contribution is 2.19. The molecule has 1 amide bonds. The maximum Gasteiger partial charge on any atom is 0.251 e. The predicted octanol–water partition coefficient (Wildman–Crippen LogP) is 2.86. The Kier molecular flexibility index (Phi) is 5.03. The number of nitrogens with one attached hydrogen (secondary N) is 1. The SMILES string of the molecule is COc1cccc(C(=O)NCCc2nc(-c3ccccc3F)no2)c1. The Morgan fingerprint density at radius 2 is 2.08 bits per heavy atom. The fourth-order valence-electron chi connectivity index (χ4n) is 2.26. The van der Waals surface area contributed by atoms with Crippen LogP contribution in [0.25, 0.3) is 11.4 Å². The number of ether oxygens (including phenoxy) is 1. The van der Waals surface area contributed by atoms with Gasteiger partial charge >= 0.3 is 0 Å². The molecule has 0 aliphatic heterocycles. The average molecular weight is 341 g/mol. The van der Waals surface area contributed by atoms with Crippen LogP contribution in [0.4, 0.5) is 4.39 Å². The first-order valence-corrected chi connectivity index (χ1v) is 7.67. The number of hydrogen-bond donors (Lipinski definition) is 1. The molecule has 0 aliphatic rings. The maximum atomic E-state index is 13.7. The lowest BCUT2D eigenvalue weighted by atomic mass is 10.2. The second-order valence-electron chi connectivity index (χ2n) is 5.23. The first-order chi connectivity index (χ1) is 12.2. The monoisotopic (exact) mass is 341 g/mol. The van der Waals surface area contributed by atoms with E-state index in [1.807, 2.05) is 0 Å². The second kappa shape index (κ2) is 7.57. The first-order valence-electron chi connectivity index (χ1n) is 7.67. The van der Waals surface area contributed by atoms with Crippen LogP contribution in [0.1, 0.15) is 16.2 Å². The largest absolute Gasteiger partial charge is 0.497 e. The number of carbonyl (C=O) groups excluding carboxylic acids is 1. The zero-order valence-electron chi connectivity index (χ0n) is 13.5. The lowest BCUT2D eigenvalue weighted by Gasteiger charge is -2.05. The van der Waals surface area contributed by atoms with Gasteiger partial charge in [-0.1, -0.05) is 23.4 Å². The molecule has 3 rings (SSSR count). The molecule has 128 valence electrons. The Balaban J connectivity index is 1.57. The highest BCUT2D eigenvalue weighted by molar-refractivity contribution is 5.94. The number of aromatic nitrogens is 2. The molecule has 0 unspecified atom stereocenters. The van der Waals surface area contributed by atoms with Crippen molar-refractivity contribution in [2.45, 2.75) is 6.42 Å². The predicted molar refractivity (Wildman–Crippen MR) is 88.7 cm³/mol. The summed E-state index contributed by atoms with van der Waals surface area (Å²) >= 11 is 0. The molecule has 0 saturated heterocycles. The van der Waals surface area contributed by atoms with Gasteiger partial charge in [0.25, 0.3) is 5.91 Å². The van der Waals surface area contributed by atoms with E-state index in [0.717, 1.165) is 0 Å². The molecular weight excluding hydrogens is 325 g/mol. The Morgan fingerprint density at radius 1 is 1.24 bits per heavy atom. The molecule has 0 saturated carbocycles. The third-order valence-corrected chi connectivity index (χ3v) is 3.54. The van der Waals surface area contributed by atoms with Crippen molar-refractivity contribution in [1.82, 2.24) is 15.5 Å². The lowest BCUT2D eigenvalue weighted by molar-refractivity contribution is 0.0953. The molecule has 0 radical (unpaired) electrons. The minimum absolute atomic E-state index is 0.187. The number of halogens is 1. The van der Waals surface area contributed by atoms with Gasteiger partial charge in [0.2, 0.25) is 11.7 Å². The van der Waals surface area contributed by atoms with E-state index in [1.165, 1.54) is 6.07 Å². The molecule has 7 heteroatoms. The fourth-order valence-corrected chi connectivity index (χ4v) is 2.26. The van der Waals surface area contributed by atoms with Crippen molar-refractivity contribution >= 4 is 5.91 Å². The van der Waals surface area contributed by atoms with Gasteiger partial charge in [-0.2, -0.15) is 4.98 Å². The number of carbonyl (C=O) groups is 1. The Labute approximate surface area is 143 Å². The third-order valence-electron chi connectivity index (χ3n) is 3.54. The second-order valence-corrected chi connectivity index (χ2v) is 5.23. The van der Waals surface area contributed by atoms with Crippen molar-refractivity contribution in [1.29, 1.82) is 0 Å². The van der Waals surface area contributed by atoms with E-state index in [9.17, 15) is 9.18 Å². The molecule has 6 nitrogen and oxygen atoms in total. The topological polar surface area (TPSA) is 77.2 Å². The van der Waals surface area contributed by atoms with Gasteiger partial charge in [-0.05, 0) is 30.3 Å². The van der Waals surface area contributed by atoms with Crippen LogP contribution in [0.3, 0.4) is 0 Å². The van der Waals surface area contributed by atoms with Crippen molar-refractivity contribution in [3.8, 4) is 17.1 Å². The van der Waals surface area contributed by atoms with E-state index in [1.54, 1.807) is 49.6 Å². The number of nitrogens with zero attached hydrogens (tertiary/aromatic N) is 2. The minimum atomic E-state index is -0.416. The molecule has 1 aromatic heterocycles. The van der Waals surface area contributed by atoms with Crippen molar-refractivity contribution in [2.24, 2.45) is 0 Å². The number of benzene rings is 2. The molecular formula is C18H16FN3O3. The van der Waals surface area contributed by atoms with Crippen molar-refractivity contribution in [3.63, 3.8) is 0 Å². The molecule has 0 bridgehead atoms. The molecule has 25 heavy (non-hydrogen) atoms. The van der Waals surface area contributed by atoms with E-state index >= 15 is 0 Å². The van der Waals surface area contributed by atoms with E-state index < -0.39 is 5.82 Å². The quantitative estimate of drug-likeness (QED) is 0.746. The van der Waals surface area contributed by atoms with Gasteiger partial charge in [-0.25, -0.2) is 4.39 Å². The molecule has 1 heterocycles. The number of amides is 1. The average Bonchev–Trinajstić information content (AvgIpc) is 3.10. The summed E-state index contributed by atoms with van der Waals surface area (Å²) in [6.07, 6.45) is 0.344. The van der Waals surface area contributed by atoms with Crippen LogP contribution < -0.4 is 10.1 Å². The molecule has 0 atom stereocenters. The van der Waals surface area contributed by atoms with Crippen LogP contribution in [-0.4, -0.2) is 29.7 Å².